The van der Waals surface area contributed by atoms with Gasteiger partial charge in [-0.1, -0.05) is 20.3 Å². The molecule has 134 valence electrons. The number of urea groups is 1. The van der Waals surface area contributed by atoms with Crippen LogP contribution in [0.25, 0.3) is 0 Å². The summed E-state index contributed by atoms with van der Waals surface area (Å²) in [5.74, 6) is 1.47. The van der Waals surface area contributed by atoms with Gasteiger partial charge in [-0.3, -0.25) is 4.21 Å². The molecule has 2 fully saturated rings. The maximum Gasteiger partial charge on any atom is 0.315 e. The van der Waals surface area contributed by atoms with E-state index in [4.69, 9.17) is 0 Å². The van der Waals surface area contributed by atoms with Gasteiger partial charge in [0.25, 0.3) is 0 Å². The Morgan fingerprint density at radius 2 is 1.91 bits per heavy atom. The zero-order valence-electron chi connectivity index (χ0n) is 15.1. The number of hydrogen-bond acceptors (Lipinski definition) is 3. The van der Waals surface area contributed by atoms with E-state index in [9.17, 15) is 9.00 Å². The Bertz CT molecular complexity index is 430. The molecule has 2 N–H and O–H groups in total. The van der Waals surface area contributed by atoms with Crippen LogP contribution < -0.4 is 10.6 Å². The van der Waals surface area contributed by atoms with Gasteiger partial charge in [-0.05, 0) is 38.0 Å². The van der Waals surface area contributed by atoms with Gasteiger partial charge in [-0.25, -0.2) is 4.79 Å². The Balaban J connectivity index is 1.71. The molecule has 4 unspecified atom stereocenters. The Kier molecular flexibility index (Phi) is 6.48. The first kappa shape index (κ1) is 18.7. The number of carbonyl (C=O) groups excluding carboxylic acids is 1. The summed E-state index contributed by atoms with van der Waals surface area (Å²) in [6.45, 7) is 10.3. The summed E-state index contributed by atoms with van der Waals surface area (Å²) in [6, 6.07) is -0.00991. The third-order valence-corrected chi connectivity index (χ3v) is 7.07. The molecule has 2 amide bonds. The molecule has 0 aromatic carbocycles. The second kappa shape index (κ2) is 7.97. The van der Waals surface area contributed by atoms with Crippen molar-refractivity contribution in [1.29, 1.82) is 0 Å². The van der Waals surface area contributed by atoms with Crippen LogP contribution in [0, 0.1) is 11.8 Å². The standard InChI is InChI=1S/C17H33N3O2S/c1-13-8-14(2)10-20(9-13)11-15(3)19-16(21)18-12-17(23(4)22)6-5-7-17/h13-15H,5-12H2,1-4H3,(H2,18,19,21). The zero-order valence-corrected chi connectivity index (χ0v) is 15.9. The predicted molar refractivity (Wildman–Crippen MR) is 96.0 cm³/mol. The van der Waals surface area contributed by atoms with E-state index < -0.39 is 10.8 Å². The largest absolute Gasteiger partial charge is 0.337 e. The third kappa shape index (κ3) is 5.18. The van der Waals surface area contributed by atoms with Gasteiger partial charge in [0.15, 0.2) is 0 Å². The van der Waals surface area contributed by atoms with Crippen LogP contribution in [0.4, 0.5) is 4.79 Å². The maximum atomic E-state index is 12.1. The minimum absolute atomic E-state index is 0.122. The zero-order chi connectivity index (χ0) is 17.0. The molecule has 0 aromatic heterocycles. The van der Waals surface area contributed by atoms with Crippen molar-refractivity contribution in [2.45, 2.75) is 57.2 Å². The lowest BCUT2D eigenvalue weighted by Crippen LogP contribution is -2.54. The lowest BCUT2D eigenvalue weighted by Gasteiger charge is -2.40. The van der Waals surface area contributed by atoms with E-state index in [2.05, 4.69) is 36.3 Å². The highest BCUT2D eigenvalue weighted by Crippen LogP contribution is 2.36. The lowest BCUT2D eigenvalue weighted by molar-refractivity contribution is 0.131. The maximum absolute atomic E-state index is 12.1. The summed E-state index contributed by atoms with van der Waals surface area (Å²) >= 11 is 0. The first-order valence-corrected chi connectivity index (χ1v) is 10.5. The van der Waals surface area contributed by atoms with Crippen LogP contribution in [0.2, 0.25) is 0 Å². The highest BCUT2D eigenvalue weighted by Gasteiger charge is 2.41. The summed E-state index contributed by atoms with van der Waals surface area (Å²) in [5, 5.41) is 5.96. The highest BCUT2D eigenvalue weighted by molar-refractivity contribution is 7.85. The number of piperidine rings is 1. The molecular weight excluding hydrogens is 310 g/mol. The number of likely N-dealkylation sites (tertiary alicyclic amines) is 1. The van der Waals surface area contributed by atoms with Crippen LogP contribution in [-0.4, -0.2) is 58.4 Å². The second-order valence-corrected chi connectivity index (χ2v) is 9.66. The third-order valence-electron chi connectivity index (χ3n) is 5.30. The van der Waals surface area contributed by atoms with E-state index in [1.807, 2.05) is 0 Å². The van der Waals surface area contributed by atoms with Gasteiger partial charge >= 0.3 is 6.03 Å². The fourth-order valence-electron chi connectivity index (χ4n) is 4.03. The Hall–Kier alpha value is -0.620. The molecule has 1 saturated heterocycles. The Labute approximate surface area is 143 Å². The van der Waals surface area contributed by atoms with E-state index in [1.54, 1.807) is 6.26 Å². The molecule has 2 rings (SSSR count). The fraction of sp³-hybridized carbons (Fsp3) is 0.941. The summed E-state index contributed by atoms with van der Waals surface area (Å²) in [6.07, 6.45) is 6.07. The van der Waals surface area contributed by atoms with Crippen molar-refractivity contribution < 1.29 is 9.00 Å². The summed E-state index contributed by atoms with van der Waals surface area (Å²) < 4.78 is 11.7. The SMILES string of the molecule is CC1CC(C)CN(CC(C)NC(=O)NCC2(S(C)=O)CCC2)C1. The van der Waals surface area contributed by atoms with Gasteiger partial charge in [-0.15, -0.1) is 0 Å². The molecule has 0 spiro atoms. The number of hydrogen-bond donors (Lipinski definition) is 2. The smallest absolute Gasteiger partial charge is 0.315 e. The molecule has 1 heterocycles. The topological polar surface area (TPSA) is 61.4 Å². The Morgan fingerprint density at radius 1 is 1.30 bits per heavy atom. The fourth-order valence-corrected chi connectivity index (χ4v) is 5.17. The van der Waals surface area contributed by atoms with Crippen molar-refractivity contribution in [2.24, 2.45) is 11.8 Å². The summed E-state index contributed by atoms with van der Waals surface area (Å²) in [7, 11) is -0.876. The minimum Gasteiger partial charge on any atom is -0.337 e. The van der Waals surface area contributed by atoms with Crippen LogP contribution >= 0.6 is 0 Å². The van der Waals surface area contributed by atoms with Gasteiger partial charge in [0.05, 0.1) is 4.75 Å². The van der Waals surface area contributed by atoms with Gasteiger partial charge < -0.3 is 15.5 Å². The average molecular weight is 344 g/mol. The molecule has 4 atom stereocenters. The molecule has 23 heavy (non-hydrogen) atoms. The normalized spacial score (nSPS) is 30.1. The Morgan fingerprint density at radius 3 is 2.39 bits per heavy atom. The number of rotatable bonds is 6. The lowest BCUT2D eigenvalue weighted by atomic mass is 9.84. The number of nitrogens with one attached hydrogen (secondary N) is 2. The highest BCUT2D eigenvalue weighted by atomic mass is 32.2. The van der Waals surface area contributed by atoms with Crippen LogP contribution in [0.15, 0.2) is 0 Å². The molecule has 2 aliphatic rings. The van der Waals surface area contributed by atoms with Crippen molar-refractivity contribution in [3.8, 4) is 0 Å². The first-order valence-electron chi connectivity index (χ1n) is 8.91. The molecule has 0 radical (unpaired) electrons. The van der Waals surface area contributed by atoms with E-state index in [-0.39, 0.29) is 16.8 Å². The molecule has 5 nitrogen and oxygen atoms in total. The minimum atomic E-state index is -0.876. The number of carbonyl (C=O) groups is 1. The first-order chi connectivity index (χ1) is 10.8. The number of amides is 2. The van der Waals surface area contributed by atoms with Crippen molar-refractivity contribution in [3.63, 3.8) is 0 Å². The molecule has 1 aliphatic heterocycles. The van der Waals surface area contributed by atoms with Crippen molar-refractivity contribution in [1.82, 2.24) is 15.5 Å². The molecule has 0 bridgehead atoms. The predicted octanol–water partition coefficient (Wildman–Crippen LogP) is 1.95. The molecule has 6 heteroatoms. The van der Waals surface area contributed by atoms with Gasteiger partial charge in [0.2, 0.25) is 0 Å². The summed E-state index contributed by atoms with van der Waals surface area (Å²) in [5.41, 5.74) is 0. The van der Waals surface area contributed by atoms with Crippen LogP contribution in [0.5, 0.6) is 0 Å². The molecule has 1 saturated carbocycles. The van der Waals surface area contributed by atoms with Gasteiger partial charge in [-0.2, -0.15) is 0 Å². The number of nitrogens with zero attached hydrogens (tertiary/aromatic N) is 1. The molecule has 0 aromatic rings. The van der Waals surface area contributed by atoms with E-state index >= 15 is 0 Å². The summed E-state index contributed by atoms with van der Waals surface area (Å²) in [4.78, 5) is 14.6. The van der Waals surface area contributed by atoms with Crippen LogP contribution in [0.1, 0.15) is 46.5 Å². The molecule has 1 aliphatic carbocycles. The second-order valence-electron chi connectivity index (χ2n) is 7.88. The van der Waals surface area contributed by atoms with Crippen LogP contribution in [0.3, 0.4) is 0 Å². The monoisotopic (exact) mass is 343 g/mol. The molecular formula is C17H33N3O2S. The van der Waals surface area contributed by atoms with E-state index in [0.29, 0.717) is 6.54 Å². The van der Waals surface area contributed by atoms with E-state index in [0.717, 1.165) is 50.7 Å². The average Bonchev–Trinajstić information content (AvgIpc) is 2.34. The van der Waals surface area contributed by atoms with Crippen molar-refractivity contribution in [3.05, 3.63) is 0 Å². The van der Waals surface area contributed by atoms with Gasteiger partial charge in [0.1, 0.15) is 0 Å². The van der Waals surface area contributed by atoms with Gasteiger partial charge in [0, 0.05) is 49.3 Å². The van der Waals surface area contributed by atoms with Crippen molar-refractivity contribution >= 4 is 16.8 Å². The quantitative estimate of drug-likeness (QED) is 0.775. The van der Waals surface area contributed by atoms with Crippen molar-refractivity contribution in [2.75, 3.05) is 32.4 Å². The van der Waals surface area contributed by atoms with Crippen LogP contribution in [-0.2, 0) is 10.8 Å². The van der Waals surface area contributed by atoms with E-state index in [1.165, 1.54) is 6.42 Å².